The van der Waals surface area contributed by atoms with Crippen LogP contribution in [0.1, 0.15) is 48.0 Å². The highest BCUT2D eigenvalue weighted by atomic mass is 15.1. The second-order valence-electron chi connectivity index (χ2n) is 6.06. The molecule has 0 radical (unpaired) electrons. The van der Waals surface area contributed by atoms with E-state index < -0.39 is 0 Å². The van der Waals surface area contributed by atoms with Gasteiger partial charge in [-0.15, -0.1) is 0 Å². The molecule has 2 N–H and O–H groups in total. The lowest BCUT2D eigenvalue weighted by molar-refractivity contribution is 0.191. The van der Waals surface area contributed by atoms with Crippen LogP contribution in [0.4, 0.5) is 0 Å². The van der Waals surface area contributed by atoms with Gasteiger partial charge < -0.3 is 10.6 Å². The second kappa shape index (κ2) is 8.08. The first kappa shape index (κ1) is 15.9. The third kappa shape index (κ3) is 7.24. The molecule has 2 atom stereocenters. The SMILES string of the molecule is CC[C@H](C)[C@H](N)CN(CC(C)C)CC(C)C. The summed E-state index contributed by atoms with van der Waals surface area (Å²) in [7, 11) is 0. The monoisotopic (exact) mass is 228 g/mol. The van der Waals surface area contributed by atoms with E-state index in [-0.39, 0.29) is 0 Å². The van der Waals surface area contributed by atoms with Crippen LogP contribution in [0.5, 0.6) is 0 Å². The molecule has 0 fully saturated rings. The fourth-order valence-corrected chi connectivity index (χ4v) is 2.04. The Balaban J connectivity index is 4.18. The Labute approximate surface area is 103 Å². The molecular formula is C14H32N2. The van der Waals surface area contributed by atoms with Gasteiger partial charge in [-0.25, -0.2) is 0 Å². The summed E-state index contributed by atoms with van der Waals surface area (Å²) in [5.41, 5.74) is 6.24. The van der Waals surface area contributed by atoms with Crippen LogP contribution in [0, 0.1) is 17.8 Å². The van der Waals surface area contributed by atoms with Gasteiger partial charge in [-0.2, -0.15) is 0 Å². The normalized spacial score (nSPS) is 16.1. The third-order valence-electron chi connectivity index (χ3n) is 3.09. The average Bonchev–Trinajstić information content (AvgIpc) is 2.14. The van der Waals surface area contributed by atoms with Crippen molar-refractivity contribution >= 4 is 0 Å². The number of hydrogen-bond acceptors (Lipinski definition) is 2. The molecule has 0 aliphatic rings. The Bertz CT molecular complexity index is 156. The van der Waals surface area contributed by atoms with Crippen LogP contribution in [-0.4, -0.2) is 30.6 Å². The minimum absolute atomic E-state index is 0.322. The summed E-state index contributed by atoms with van der Waals surface area (Å²) in [5, 5.41) is 0. The van der Waals surface area contributed by atoms with Crippen molar-refractivity contribution in [2.24, 2.45) is 23.5 Å². The van der Waals surface area contributed by atoms with Crippen LogP contribution in [0.15, 0.2) is 0 Å². The lowest BCUT2D eigenvalue weighted by atomic mass is 9.99. The van der Waals surface area contributed by atoms with Crippen LogP contribution in [0.25, 0.3) is 0 Å². The van der Waals surface area contributed by atoms with Crippen molar-refractivity contribution in [3.05, 3.63) is 0 Å². The van der Waals surface area contributed by atoms with Gasteiger partial charge in [0.2, 0.25) is 0 Å². The molecule has 0 aromatic heterocycles. The molecule has 0 heterocycles. The fourth-order valence-electron chi connectivity index (χ4n) is 2.04. The maximum atomic E-state index is 6.24. The quantitative estimate of drug-likeness (QED) is 0.692. The summed E-state index contributed by atoms with van der Waals surface area (Å²) < 4.78 is 0. The number of rotatable bonds is 8. The Hall–Kier alpha value is -0.0800. The number of nitrogens with two attached hydrogens (primary N) is 1. The summed E-state index contributed by atoms with van der Waals surface area (Å²) in [5.74, 6) is 2.08. The molecular weight excluding hydrogens is 196 g/mol. The summed E-state index contributed by atoms with van der Waals surface area (Å²) >= 11 is 0. The molecule has 0 aliphatic carbocycles. The maximum absolute atomic E-state index is 6.24. The van der Waals surface area contributed by atoms with Crippen LogP contribution in [0.2, 0.25) is 0 Å². The smallest absolute Gasteiger partial charge is 0.0193 e. The van der Waals surface area contributed by atoms with Crippen LogP contribution in [-0.2, 0) is 0 Å². The zero-order chi connectivity index (χ0) is 12.7. The fraction of sp³-hybridized carbons (Fsp3) is 1.00. The number of nitrogens with zero attached hydrogens (tertiary/aromatic N) is 1. The Morgan fingerprint density at radius 1 is 0.875 bits per heavy atom. The molecule has 0 unspecified atom stereocenters. The lowest BCUT2D eigenvalue weighted by Gasteiger charge is -2.30. The molecule has 0 bridgehead atoms. The van der Waals surface area contributed by atoms with E-state index in [2.05, 4.69) is 46.4 Å². The van der Waals surface area contributed by atoms with Gasteiger partial charge in [0.05, 0.1) is 0 Å². The first-order valence-corrected chi connectivity index (χ1v) is 6.84. The predicted octanol–water partition coefficient (Wildman–Crippen LogP) is 2.97. The maximum Gasteiger partial charge on any atom is 0.0193 e. The van der Waals surface area contributed by atoms with Gasteiger partial charge in [-0.1, -0.05) is 48.0 Å². The van der Waals surface area contributed by atoms with Gasteiger partial charge in [0.15, 0.2) is 0 Å². The van der Waals surface area contributed by atoms with Gasteiger partial charge in [0.1, 0.15) is 0 Å². The van der Waals surface area contributed by atoms with Crippen LogP contribution >= 0.6 is 0 Å². The molecule has 0 saturated heterocycles. The van der Waals surface area contributed by atoms with Crippen LogP contribution < -0.4 is 5.73 Å². The van der Waals surface area contributed by atoms with E-state index in [1.54, 1.807) is 0 Å². The van der Waals surface area contributed by atoms with E-state index >= 15 is 0 Å². The molecule has 2 heteroatoms. The standard InChI is InChI=1S/C14H32N2/c1-7-13(6)14(15)10-16(8-11(2)3)9-12(4)5/h11-14H,7-10,15H2,1-6H3/t13-,14+/m0/s1. The highest BCUT2D eigenvalue weighted by Gasteiger charge is 2.16. The molecule has 0 rings (SSSR count). The van der Waals surface area contributed by atoms with Gasteiger partial charge >= 0.3 is 0 Å². The van der Waals surface area contributed by atoms with Crippen molar-refractivity contribution in [2.45, 2.75) is 54.0 Å². The van der Waals surface area contributed by atoms with Crippen molar-refractivity contribution < 1.29 is 0 Å². The topological polar surface area (TPSA) is 29.3 Å². The average molecular weight is 228 g/mol. The van der Waals surface area contributed by atoms with Gasteiger partial charge in [-0.05, 0) is 17.8 Å². The van der Waals surface area contributed by atoms with Crippen molar-refractivity contribution in [2.75, 3.05) is 19.6 Å². The summed E-state index contributed by atoms with van der Waals surface area (Å²) in [6.45, 7) is 17.0. The molecule has 0 aromatic rings. The Kier molecular flexibility index (Phi) is 8.04. The zero-order valence-electron chi connectivity index (χ0n) is 12.2. The molecule has 2 nitrogen and oxygen atoms in total. The van der Waals surface area contributed by atoms with Gasteiger partial charge in [0.25, 0.3) is 0 Å². The first-order valence-electron chi connectivity index (χ1n) is 6.84. The highest BCUT2D eigenvalue weighted by Crippen LogP contribution is 2.10. The molecule has 0 amide bonds. The van der Waals surface area contributed by atoms with Gasteiger partial charge in [-0.3, -0.25) is 0 Å². The highest BCUT2D eigenvalue weighted by molar-refractivity contribution is 4.74. The van der Waals surface area contributed by atoms with Crippen molar-refractivity contribution in [3.8, 4) is 0 Å². The van der Waals surface area contributed by atoms with E-state index in [9.17, 15) is 0 Å². The van der Waals surface area contributed by atoms with Crippen molar-refractivity contribution in [3.63, 3.8) is 0 Å². The molecule has 0 aliphatic heterocycles. The van der Waals surface area contributed by atoms with Crippen LogP contribution in [0.3, 0.4) is 0 Å². The van der Waals surface area contributed by atoms with E-state index in [1.807, 2.05) is 0 Å². The minimum atomic E-state index is 0.322. The Morgan fingerprint density at radius 2 is 1.31 bits per heavy atom. The van der Waals surface area contributed by atoms with E-state index in [0.29, 0.717) is 12.0 Å². The second-order valence-corrected chi connectivity index (χ2v) is 6.06. The van der Waals surface area contributed by atoms with E-state index in [0.717, 1.165) is 18.4 Å². The zero-order valence-corrected chi connectivity index (χ0v) is 12.2. The summed E-state index contributed by atoms with van der Waals surface area (Å²) in [6, 6.07) is 0.322. The molecule has 0 saturated carbocycles. The predicted molar refractivity (Wildman–Crippen MR) is 73.5 cm³/mol. The van der Waals surface area contributed by atoms with E-state index in [1.165, 1.54) is 19.5 Å². The van der Waals surface area contributed by atoms with E-state index in [4.69, 9.17) is 5.73 Å². The minimum Gasteiger partial charge on any atom is -0.326 e. The largest absolute Gasteiger partial charge is 0.326 e. The molecule has 0 aromatic carbocycles. The third-order valence-corrected chi connectivity index (χ3v) is 3.09. The first-order chi connectivity index (χ1) is 7.36. The van der Waals surface area contributed by atoms with Crippen molar-refractivity contribution in [1.29, 1.82) is 0 Å². The molecule has 16 heavy (non-hydrogen) atoms. The lowest BCUT2D eigenvalue weighted by Crippen LogP contribution is -2.44. The summed E-state index contributed by atoms with van der Waals surface area (Å²) in [6.07, 6.45) is 1.18. The number of hydrogen-bond donors (Lipinski definition) is 1. The summed E-state index contributed by atoms with van der Waals surface area (Å²) in [4.78, 5) is 2.53. The van der Waals surface area contributed by atoms with Gasteiger partial charge in [0, 0.05) is 25.7 Å². The van der Waals surface area contributed by atoms with Crippen molar-refractivity contribution in [1.82, 2.24) is 4.90 Å². The Morgan fingerprint density at radius 3 is 1.62 bits per heavy atom. The molecule has 98 valence electrons. The molecule has 0 spiro atoms.